The van der Waals surface area contributed by atoms with Gasteiger partial charge in [-0.05, 0) is 80.1 Å². The van der Waals surface area contributed by atoms with Crippen LogP contribution in [-0.2, 0) is 9.59 Å². The summed E-state index contributed by atoms with van der Waals surface area (Å²) in [5, 5.41) is 3.51. The number of anilines is 1. The van der Waals surface area contributed by atoms with E-state index >= 15 is 4.39 Å². The summed E-state index contributed by atoms with van der Waals surface area (Å²) in [5.74, 6) is 4.61. The van der Waals surface area contributed by atoms with E-state index in [0.29, 0.717) is 69.9 Å². The lowest BCUT2D eigenvalue weighted by molar-refractivity contribution is -0.136. The molecule has 0 radical (unpaired) electrons. The van der Waals surface area contributed by atoms with Gasteiger partial charge in [-0.25, -0.2) is 9.37 Å². The van der Waals surface area contributed by atoms with Crippen molar-refractivity contribution in [2.45, 2.75) is 44.7 Å². The van der Waals surface area contributed by atoms with Gasteiger partial charge >= 0.3 is 6.55 Å². The lowest BCUT2D eigenvalue weighted by Crippen LogP contribution is -2.54. The first-order chi connectivity index (χ1) is 28.6. The Kier molecular flexibility index (Phi) is 10.4. The van der Waals surface area contributed by atoms with Gasteiger partial charge in [0.15, 0.2) is 11.6 Å². The molecule has 59 heavy (non-hydrogen) atoms. The number of benzene rings is 2. The fourth-order valence-electron chi connectivity index (χ4n) is 8.88. The minimum atomic E-state index is -2.74. The first kappa shape index (κ1) is 38.4. The van der Waals surface area contributed by atoms with Gasteiger partial charge in [0.2, 0.25) is 11.8 Å². The van der Waals surface area contributed by atoms with Crippen LogP contribution in [0.3, 0.4) is 0 Å². The van der Waals surface area contributed by atoms with Crippen molar-refractivity contribution in [3.05, 3.63) is 89.6 Å². The highest BCUT2D eigenvalue weighted by molar-refractivity contribution is 6.23. The third-order valence-corrected chi connectivity index (χ3v) is 12.2. The molecule has 0 spiro atoms. The molecule has 5 aromatic rings. The number of nitrogens with one attached hydrogen (secondary N) is 1. The van der Waals surface area contributed by atoms with Crippen LogP contribution in [0.1, 0.15) is 64.9 Å². The smallest absolute Gasteiger partial charge is 0.319 e. The number of rotatable bonds is 8. The number of hydrogen-bond donors (Lipinski definition) is 1. The summed E-state index contributed by atoms with van der Waals surface area (Å²) in [6.45, 7) is 3.88. The fraction of sp³-hybridized carbons (Fsp3) is 0.364. The normalized spacial score (nSPS) is 19.5. The van der Waals surface area contributed by atoms with Crippen molar-refractivity contribution in [3.8, 4) is 23.0 Å². The molecule has 15 heteroatoms. The van der Waals surface area contributed by atoms with Crippen LogP contribution < -0.4 is 10.2 Å². The summed E-state index contributed by atoms with van der Waals surface area (Å²) in [4.78, 5) is 66.4. The number of carbonyl (C=O) groups is 4. The summed E-state index contributed by atoms with van der Waals surface area (Å²) < 4.78 is 44.8. The quantitative estimate of drug-likeness (QED) is 0.161. The third-order valence-electron chi connectivity index (χ3n) is 12.2. The van der Waals surface area contributed by atoms with Gasteiger partial charge in [-0.1, -0.05) is 24.0 Å². The second-order valence-electron chi connectivity index (χ2n) is 15.6. The van der Waals surface area contributed by atoms with Crippen molar-refractivity contribution in [1.29, 1.82) is 0 Å². The topological polar surface area (TPSA) is 124 Å². The number of halogens is 3. The highest BCUT2D eigenvalue weighted by Gasteiger charge is 2.44. The molecule has 3 fully saturated rings. The molecular formula is C44H41F3N8O4. The number of nitrogens with zero attached hydrogens (tertiary/aromatic N) is 7. The third kappa shape index (κ3) is 7.42. The number of amides is 4. The van der Waals surface area contributed by atoms with E-state index < -0.39 is 42.0 Å². The zero-order valence-corrected chi connectivity index (χ0v) is 32.2. The van der Waals surface area contributed by atoms with Gasteiger partial charge in [0, 0.05) is 86.2 Å². The molecule has 1 unspecified atom stereocenters. The van der Waals surface area contributed by atoms with Gasteiger partial charge in [-0.3, -0.25) is 43.8 Å². The lowest BCUT2D eigenvalue weighted by Gasteiger charge is -2.36. The maximum absolute atomic E-state index is 15.6. The first-order valence-electron chi connectivity index (χ1n) is 20.0. The van der Waals surface area contributed by atoms with E-state index in [1.54, 1.807) is 54.9 Å². The summed E-state index contributed by atoms with van der Waals surface area (Å²) >= 11 is 0. The molecule has 302 valence electrons. The van der Waals surface area contributed by atoms with E-state index in [0.717, 1.165) is 61.5 Å². The molecule has 3 aromatic heterocycles. The number of carbonyl (C=O) groups excluding carboxylic acids is 4. The van der Waals surface area contributed by atoms with Crippen molar-refractivity contribution in [3.63, 3.8) is 0 Å². The van der Waals surface area contributed by atoms with Crippen LogP contribution in [0.15, 0.2) is 67.1 Å². The van der Waals surface area contributed by atoms with E-state index in [2.05, 4.69) is 36.9 Å². The van der Waals surface area contributed by atoms with E-state index in [1.807, 2.05) is 4.90 Å². The second kappa shape index (κ2) is 15.9. The Morgan fingerprint density at radius 3 is 2.34 bits per heavy atom. The molecule has 3 saturated heterocycles. The predicted molar refractivity (Wildman–Crippen MR) is 214 cm³/mol. The molecule has 1 atom stereocenters. The SMILES string of the molecule is O=C1CCC(N2C(=O)c3ccc(C#CCN4CCN(CCC5CCN(c6ncc(-c7ccc8c9cnccc9n(C(F)F)c8c7)cc6F)CC5)CC4)cc3C2=O)C(=O)N1. The Morgan fingerprint density at radius 1 is 0.797 bits per heavy atom. The summed E-state index contributed by atoms with van der Waals surface area (Å²) in [5.41, 5.74) is 2.95. The lowest BCUT2D eigenvalue weighted by atomic mass is 9.93. The highest BCUT2D eigenvalue weighted by Crippen LogP contribution is 2.36. The highest BCUT2D eigenvalue weighted by atomic mass is 19.3. The van der Waals surface area contributed by atoms with Gasteiger partial charge in [0.05, 0.1) is 28.7 Å². The number of hydrogen-bond acceptors (Lipinski definition) is 9. The Labute approximate surface area is 338 Å². The molecule has 9 rings (SSSR count). The van der Waals surface area contributed by atoms with E-state index in [9.17, 15) is 28.0 Å². The van der Waals surface area contributed by atoms with Crippen molar-refractivity contribution >= 4 is 51.3 Å². The van der Waals surface area contributed by atoms with Gasteiger partial charge in [-0.15, -0.1) is 0 Å². The maximum Gasteiger partial charge on any atom is 0.319 e. The molecule has 0 bridgehead atoms. The molecule has 0 aliphatic carbocycles. The molecule has 4 aliphatic heterocycles. The molecule has 12 nitrogen and oxygen atoms in total. The zero-order valence-electron chi connectivity index (χ0n) is 32.2. The van der Waals surface area contributed by atoms with Crippen LogP contribution >= 0.6 is 0 Å². The maximum atomic E-state index is 15.6. The summed E-state index contributed by atoms with van der Waals surface area (Å²) in [6, 6.07) is 12.1. The summed E-state index contributed by atoms with van der Waals surface area (Å²) in [6.07, 6.45) is 7.82. The number of piperazine rings is 1. The van der Waals surface area contributed by atoms with Crippen LogP contribution in [0, 0.1) is 23.6 Å². The number of piperidine rings is 2. The van der Waals surface area contributed by atoms with Gasteiger partial charge in [0.1, 0.15) is 6.04 Å². The van der Waals surface area contributed by atoms with E-state index in [4.69, 9.17) is 0 Å². The molecule has 7 heterocycles. The first-order valence-corrected chi connectivity index (χ1v) is 20.0. The minimum absolute atomic E-state index is 0.0686. The van der Waals surface area contributed by atoms with Crippen LogP contribution in [0.25, 0.3) is 32.9 Å². The molecule has 4 amide bonds. The predicted octanol–water partition coefficient (Wildman–Crippen LogP) is 5.46. The van der Waals surface area contributed by atoms with Gasteiger partial charge in [-0.2, -0.15) is 8.78 Å². The van der Waals surface area contributed by atoms with Crippen LogP contribution in [-0.4, -0.2) is 111 Å². The Balaban J connectivity index is 0.731. The van der Waals surface area contributed by atoms with Crippen molar-refractivity contribution in [2.24, 2.45) is 5.92 Å². The Hall–Kier alpha value is -6.11. The molecule has 2 aromatic carbocycles. The van der Waals surface area contributed by atoms with Crippen LogP contribution in [0.5, 0.6) is 0 Å². The Morgan fingerprint density at radius 2 is 1.58 bits per heavy atom. The van der Waals surface area contributed by atoms with Gasteiger partial charge < -0.3 is 9.80 Å². The number of aromatic nitrogens is 3. The molecule has 1 N–H and O–H groups in total. The van der Waals surface area contributed by atoms with E-state index in [1.165, 1.54) is 12.3 Å². The van der Waals surface area contributed by atoms with Gasteiger partial charge in [0.25, 0.3) is 11.8 Å². The standard InChI is InChI=1S/C44H41F3N8O4/c45-35-23-30(29-4-6-31-34-26-48-13-9-36(34)54(44(46)47)38(31)24-29)25-49-40(35)53-16-11-27(12-17-53)10-15-52-20-18-51(19-21-52)14-1-2-28-3-5-32-33(22-28)43(59)55(42(32)58)37-7-8-39(56)50-41(37)57/h3-6,9,13,22-27,37,44H,7-8,10-12,14-21H2,(H,50,56,57). The molecule has 0 saturated carbocycles. The van der Waals surface area contributed by atoms with Crippen LogP contribution in [0.2, 0.25) is 0 Å². The monoisotopic (exact) mass is 802 g/mol. The summed E-state index contributed by atoms with van der Waals surface area (Å²) in [7, 11) is 0. The molecule has 4 aliphatic rings. The minimum Gasteiger partial charge on any atom is -0.354 e. The van der Waals surface area contributed by atoms with Crippen molar-refractivity contribution in [2.75, 3.05) is 57.3 Å². The average molecular weight is 803 g/mol. The van der Waals surface area contributed by atoms with Crippen molar-refractivity contribution < 1.29 is 32.3 Å². The Bertz CT molecular complexity index is 2570. The van der Waals surface area contributed by atoms with Crippen molar-refractivity contribution in [1.82, 2.24) is 34.6 Å². The second-order valence-corrected chi connectivity index (χ2v) is 15.6. The molecular weight excluding hydrogens is 762 g/mol. The number of pyridine rings is 2. The zero-order chi connectivity index (χ0) is 40.8. The van der Waals surface area contributed by atoms with E-state index in [-0.39, 0.29) is 24.0 Å². The average Bonchev–Trinajstić information content (AvgIpc) is 3.70. The number of imide groups is 2. The van der Waals surface area contributed by atoms with Crippen LogP contribution in [0.4, 0.5) is 19.0 Å². The largest absolute Gasteiger partial charge is 0.354 e. The number of fused-ring (bicyclic) bond motifs is 4. The fourth-order valence-corrected chi connectivity index (χ4v) is 8.88. The number of alkyl halides is 2.